The van der Waals surface area contributed by atoms with Crippen LogP contribution < -0.4 is 5.32 Å². The number of benzene rings is 1. The number of halogens is 1. The molecule has 0 aliphatic rings. The summed E-state index contributed by atoms with van der Waals surface area (Å²) >= 11 is 0. The Labute approximate surface area is 114 Å². The van der Waals surface area contributed by atoms with Gasteiger partial charge in [-0.2, -0.15) is 0 Å². The van der Waals surface area contributed by atoms with Crippen LogP contribution in [0.5, 0.6) is 0 Å². The van der Waals surface area contributed by atoms with E-state index in [4.69, 9.17) is 4.42 Å². The minimum atomic E-state index is -0.277. The SMILES string of the molecule is CCCC(CCc1cc2cccc(F)c2o1)NCC. The van der Waals surface area contributed by atoms with Crippen molar-refractivity contribution in [2.45, 2.75) is 45.6 Å². The molecule has 1 heterocycles. The van der Waals surface area contributed by atoms with E-state index in [1.54, 1.807) is 6.07 Å². The molecule has 2 rings (SSSR count). The van der Waals surface area contributed by atoms with Gasteiger partial charge in [0.15, 0.2) is 11.4 Å². The fourth-order valence-electron chi connectivity index (χ4n) is 2.51. The van der Waals surface area contributed by atoms with Crippen LogP contribution >= 0.6 is 0 Å². The van der Waals surface area contributed by atoms with Crippen molar-refractivity contribution in [1.82, 2.24) is 5.32 Å². The van der Waals surface area contributed by atoms with Gasteiger partial charge in [-0.05, 0) is 31.5 Å². The molecule has 0 amide bonds. The molecule has 0 saturated carbocycles. The molecular weight excluding hydrogens is 241 g/mol. The highest BCUT2D eigenvalue weighted by molar-refractivity contribution is 5.78. The van der Waals surface area contributed by atoms with Gasteiger partial charge in [-0.3, -0.25) is 0 Å². The zero-order valence-electron chi connectivity index (χ0n) is 11.7. The summed E-state index contributed by atoms with van der Waals surface area (Å²) in [6.45, 7) is 5.31. The third kappa shape index (κ3) is 3.57. The molecule has 19 heavy (non-hydrogen) atoms. The van der Waals surface area contributed by atoms with Crippen LogP contribution in [0, 0.1) is 5.82 Å². The maximum atomic E-state index is 13.5. The van der Waals surface area contributed by atoms with Crippen molar-refractivity contribution >= 4 is 11.0 Å². The van der Waals surface area contributed by atoms with Gasteiger partial charge >= 0.3 is 0 Å². The second-order valence-electron chi connectivity index (χ2n) is 4.95. The monoisotopic (exact) mass is 263 g/mol. The lowest BCUT2D eigenvalue weighted by Crippen LogP contribution is -2.29. The lowest BCUT2D eigenvalue weighted by molar-refractivity contribution is 0.434. The Morgan fingerprint density at radius 1 is 1.26 bits per heavy atom. The van der Waals surface area contributed by atoms with Crippen molar-refractivity contribution in [2.24, 2.45) is 0 Å². The Balaban J connectivity index is 2.02. The van der Waals surface area contributed by atoms with E-state index in [1.807, 2.05) is 12.1 Å². The van der Waals surface area contributed by atoms with Gasteiger partial charge in [0.1, 0.15) is 5.76 Å². The van der Waals surface area contributed by atoms with Gasteiger partial charge in [0.25, 0.3) is 0 Å². The summed E-state index contributed by atoms with van der Waals surface area (Å²) < 4.78 is 19.1. The summed E-state index contributed by atoms with van der Waals surface area (Å²) in [7, 11) is 0. The average molecular weight is 263 g/mol. The van der Waals surface area contributed by atoms with Crippen molar-refractivity contribution in [1.29, 1.82) is 0 Å². The van der Waals surface area contributed by atoms with Gasteiger partial charge in [-0.1, -0.05) is 32.4 Å². The Hall–Kier alpha value is -1.35. The van der Waals surface area contributed by atoms with Crippen LogP contribution in [-0.4, -0.2) is 12.6 Å². The smallest absolute Gasteiger partial charge is 0.169 e. The van der Waals surface area contributed by atoms with E-state index in [9.17, 15) is 4.39 Å². The Morgan fingerprint density at radius 3 is 2.79 bits per heavy atom. The van der Waals surface area contributed by atoms with Crippen LogP contribution in [0.2, 0.25) is 0 Å². The Kier molecular flexibility index (Phi) is 4.97. The van der Waals surface area contributed by atoms with Gasteiger partial charge in [0, 0.05) is 17.8 Å². The largest absolute Gasteiger partial charge is 0.458 e. The summed E-state index contributed by atoms with van der Waals surface area (Å²) in [5, 5.41) is 4.34. The van der Waals surface area contributed by atoms with Crippen molar-refractivity contribution in [2.75, 3.05) is 6.54 Å². The van der Waals surface area contributed by atoms with E-state index in [-0.39, 0.29) is 5.82 Å². The highest BCUT2D eigenvalue weighted by atomic mass is 19.1. The molecule has 104 valence electrons. The first-order chi connectivity index (χ1) is 9.24. The molecule has 0 aliphatic carbocycles. The molecular formula is C16H22FNO. The van der Waals surface area contributed by atoms with E-state index in [1.165, 1.54) is 18.9 Å². The van der Waals surface area contributed by atoms with E-state index in [2.05, 4.69) is 19.2 Å². The van der Waals surface area contributed by atoms with Crippen LogP contribution in [0.3, 0.4) is 0 Å². The molecule has 1 aromatic carbocycles. The van der Waals surface area contributed by atoms with Crippen LogP contribution in [0.25, 0.3) is 11.0 Å². The normalized spacial score (nSPS) is 13.0. The van der Waals surface area contributed by atoms with Gasteiger partial charge in [0.2, 0.25) is 0 Å². The third-order valence-corrected chi connectivity index (χ3v) is 3.42. The predicted molar refractivity (Wildman–Crippen MR) is 76.9 cm³/mol. The number of para-hydroxylation sites is 1. The van der Waals surface area contributed by atoms with E-state index in [0.29, 0.717) is 11.6 Å². The zero-order valence-corrected chi connectivity index (χ0v) is 11.7. The van der Waals surface area contributed by atoms with Crippen molar-refractivity contribution in [3.63, 3.8) is 0 Å². The highest BCUT2D eigenvalue weighted by Gasteiger charge is 2.11. The molecule has 1 atom stereocenters. The first kappa shape index (κ1) is 14.1. The topological polar surface area (TPSA) is 25.2 Å². The van der Waals surface area contributed by atoms with E-state index >= 15 is 0 Å². The number of aryl methyl sites for hydroxylation is 1. The van der Waals surface area contributed by atoms with Crippen molar-refractivity contribution in [3.8, 4) is 0 Å². The number of hydrogen-bond acceptors (Lipinski definition) is 2. The number of hydrogen-bond donors (Lipinski definition) is 1. The lowest BCUT2D eigenvalue weighted by Gasteiger charge is -2.15. The van der Waals surface area contributed by atoms with Gasteiger partial charge in [-0.15, -0.1) is 0 Å². The first-order valence-corrected chi connectivity index (χ1v) is 7.15. The molecule has 0 spiro atoms. The lowest BCUT2D eigenvalue weighted by atomic mass is 10.1. The number of fused-ring (bicyclic) bond motifs is 1. The van der Waals surface area contributed by atoms with Gasteiger partial charge in [0.05, 0.1) is 0 Å². The summed E-state index contributed by atoms with van der Waals surface area (Å²) in [6.07, 6.45) is 4.23. The van der Waals surface area contributed by atoms with Crippen LogP contribution in [0.15, 0.2) is 28.7 Å². The maximum absolute atomic E-state index is 13.5. The molecule has 2 aromatic rings. The number of furan rings is 1. The van der Waals surface area contributed by atoms with Crippen molar-refractivity contribution < 1.29 is 8.81 Å². The summed E-state index contributed by atoms with van der Waals surface area (Å²) in [5.41, 5.74) is 0.382. The number of nitrogens with one attached hydrogen (secondary N) is 1. The number of rotatable bonds is 7. The second-order valence-corrected chi connectivity index (χ2v) is 4.95. The fourth-order valence-corrected chi connectivity index (χ4v) is 2.51. The quantitative estimate of drug-likeness (QED) is 0.806. The second kappa shape index (κ2) is 6.71. The standard InChI is InChI=1S/C16H22FNO/c1-3-6-13(18-4-2)9-10-14-11-12-7-5-8-15(17)16(12)19-14/h5,7-8,11,13,18H,3-4,6,9-10H2,1-2H3. The summed E-state index contributed by atoms with van der Waals surface area (Å²) in [4.78, 5) is 0. The minimum Gasteiger partial charge on any atom is -0.458 e. The third-order valence-electron chi connectivity index (χ3n) is 3.42. The highest BCUT2D eigenvalue weighted by Crippen LogP contribution is 2.23. The van der Waals surface area contributed by atoms with E-state index in [0.717, 1.165) is 30.5 Å². The first-order valence-electron chi connectivity index (χ1n) is 7.15. The van der Waals surface area contributed by atoms with Crippen LogP contribution in [0.4, 0.5) is 4.39 Å². The molecule has 1 unspecified atom stereocenters. The Bertz CT molecular complexity index is 514. The average Bonchev–Trinajstić information content (AvgIpc) is 2.81. The summed E-state index contributed by atoms with van der Waals surface area (Å²) in [6, 6.07) is 7.52. The van der Waals surface area contributed by atoms with Crippen LogP contribution in [-0.2, 0) is 6.42 Å². The zero-order chi connectivity index (χ0) is 13.7. The predicted octanol–water partition coefficient (Wildman–Crippen LogP) is 4.28. The molecule has 3 heteroatoms. The fraction of sp³-hybridized carbons (Fsp3) is 0.500. The molecule has 1 aromatic heterocycles. The molecule has 0 aliphatic heterocycles. The van der Waals surface area contributed by atoms with Gasteiger partial charge < -0.3 is 9.73 Å². The summed E-state index contributed by atoms with van der Waals surface area (Å²) in [5.74, 6) is 0.597. The van der Waals surface area contributed by atoms with E-state index < -0.39 is 0 Å². The molecule has 1 N–H and O–H groups in total. The maximum Gasteiger partial charge on any atom is 0.169 e. The van der Waals surface area contributed by atoms with Gasteiger partial charge in [-0.25, -0.2) is 4.39 Å². The molecule has 0 bridgehead atoms. The van der Waals surface area contributed by atoms with Crippen LogP contribution in [0.1, 0.15) is 38.9 Å². The molecule has 0 saturated heterocycles. The minimum absolute atomic E-state index is 0.277. The Morgan fingerprint density at radius 2 is 2.11 bits per heavy atom. The molecule has 0 fully saturated rings. The van der Waals surface area contributed by atoms with Crippen molar-refractivity contribution in [3.05, 3.63) is 35.8 Å². The molecule has 0 radical (unpaired) electrons. The molecule has 2 nitrogen and oxygen atoms in total.